The van der Waals surface area contributed by atoms with Crippen molar-refractivity contribution < 1.29 is 4.79 Å². The number of nitrogens with zero attached hydrogens (tertiary/aromatic N) is 1. The van der Waals surface area contributed by atoms with Gasteiger partial charge in [-0.15, -0.1) is 0 Å². The van der Waals surface area contributed by atoms with Crippen molar-refractivity contribution in [2.45, 2.75) is 32.4 Å². The summed E-state index contributed by atoms with van der Waals surface area (Å²) in [5.74, 6) is -0.181. The first kappa shape index (κ1) is 7.54. The van der Waals surface area contributed by atoms with E-state index in [4.69, 9.17) is 5.73 Å². The zero-order valence-corrected chi connectivity index (χ0v) is 6.50. The summed E-state index contributed by atoms with van der Waals surface area (Å²) in [6.45, 7) is 5.18. The molecule has 1 atom stereocenters. The van der Waals surface area contributed by atoms with Gasteiger partial charge in [0.05, 0.1) is 6.04 Å². The van der Waals surface area contributed by atoms with Gasteiger partial charge in [-0.2, -0.15) is 0 Å². The highest BCUT2D eigenvalue weighted by molar-refractivity contribution is 5.80. The summed E-state index contributed by atoms with van der Waals surface area (Å²) in [7, 11) is 0. The molecule has 1 rings (SSSR count). The third kappa shape index (κ3) is 1.14. The van der Waals surface area contributed by atoms with Crippen LogP contribution >= 0.6 is 0 Å². The van der Waals surface area contributed by atoms with Crippen LogP contribution in [0.1, 0.15) is 20.3 Å². The Morgan fingerprint density at radius 2 is 2.30 bits per heavy atom. The standard InChI is InChI=1S/C7H14N2O/c1-5(2)9-4-3-6(9)7(8)10/h5-6H,3-4H2,1-2H3,(H2,8,10)/t6-/m0/s1. The SMILES string of the molecule is CC(C)N1CC[C@H]1C(N)=O. The number of carbonyl (C=O) groups is 1. The molecule has 1 amide bonds. The number of carbonyl (C=O) groups excluding carboxylic acids is 1. The third-order valence-corrected chi connectivity index (χ3v) is 2.05. The number of amides is 1. The van der Waals surface area contributed by atoms with Crippen LogP contribution < -0.4 is 5.73 Å². The average Bonchev–Trinajstić information content (AvgIpc) is 1.56. The molecule has 1 aliphatic rings. The monoisotopic (exact) mass is 142 g/mol. The Hall–Kier alpha value is -0.570. The molecule has 1 saturated heterocycles. The Balaban J connectivity index is 2.43. The number of nitrogens with two attached hydrogens (primary N) is 1. The molecule has 0 radical (unpaired) electrons. The summed E-state index contributed by atoms with van der Waals surface area (Å²) >= 11 is 0. The van der Waals surface area contributed by atoms with Crippen LogP contribution in [0.15, 0.2) is 0 Å². The molecule has 3 heteroatoms. The number of hydrogen-bond donors (Lipinski definition) is 1. The van der Waals surface area contributed by atoms with E-state index in [0.29, 0.717) is 6.04 Å². The van der Waals surface area contributed by atoms with Crippen molar-refractivity contribution in [1.82, 2.24) is 4.90 Å². The summed E-state index contributed by atoms with van der Waals surface area (Å²) in [6.07, 6.45) is 0.938. The first-order chi connectivity index (χ1) is 4.63. The summed E-state index contributed by atoms with van der Waals surface area (Å²) in [5, 5.41) is 0. The highest BCUT2D eigenvalue weighted by atomic mass is 16.1. The van der Waals surface area contributed by atoms with Crippen molar-refractivity contribution in [2.24, 2.45) is 5.73 Å². The summed E-state index contributed by atoms with van der Waals surface area (Å²) in [6, 6.07) is 0.464. The van der Waals surface area contributed by atoms with Crippen LogP contribution in [0.3, 0.4) is 0 Å². The summed E-state index contributed by atoms with van der Waals surface area (Å²) in [4.78, 5) is 12.8. The second-order valence-electron chi connectivity index (χ2n) is 3.04. The van der Waals surface area contributed by atoms with Crippen LogP contribution in [0.4, 0.5) is 0 Å². The predicted octanol–water partition coefficient (Wildman–Crippen LogP) is -0.0456. The lowest BCUT2D eigenvalue weighted by Crippen LogP contribution is -2.57. The lowest BCUT2D eigenvalue weighted by molar-refractivity contribution is -0.128. The van der Waals surface area contributed by atoms with E-state index in [2.05, 4.69) is 18.7 Å². The van der Waals surface area contributed by atoms with E-state index in [-0.39, 0.29) is 11.9 Å². The molecule has 0 aliphatic carbocycles. The second-order valence-corrected chi connectivity index (χ2v) is 3.04. The van der Waals surface area contributed by atoms with Crippen molar-refractivity contribution in [3.63, 3.8) is 0 Å². The van der Waals surface area contributed by atoms with E-state index in [0.717, 1.165) is 13.0 Å². The van der Waals surface area contributed by atoms with Crippen LogP contribution in [0.5, 0.6) is 0 Å². The van der Waals surface area contributed by atoms with Gasteiger partial charge in [0.2, 0.25) is 5.91 Å². The fraction of sp³-hybridized carbons (Fsp3) is 0.857. The van der Waals surface area contributed by atoms with Gasteiger partial charge in [0.1, 0.15) is 0 Å². The molecular formula is C7H14N2O. The molecule has 10 heavy (non-hydrogen) atoms. The van der Waals surface area contributed by atoms with Gasteiger partial charge in [-0.25, -0.2) is 0 Å². The van der Waals surface area contributed by atoms with Crippen molar-refractivity contribution in [1.29, 1.82) is 0 Å². The van der Waals surface area contributed by atoms with E-state index in [1.807, 2.05) is 0 Å². The zero-order chi connectivity index (χ0) is 7.72. The van der Waals surface area contributed by atoms with Crippen molar-refractivity contribution in [2.75, 3.05) is 6.54 Å². The van der Waals surface area contributed by atoms with E-state index in [1.54, 1.807) is 0 Å². The third-order valence-electron chi connectivity index (χ3n) is 2.05. The van der Waals surface area contributed by atoms with Gasteiger partial charge in [-0.05, 0) is 20.3 Å². The van der Waals surface area contributed by atoms with Crippen molar-refractivity contribution in [3.8, 4) is 0 Å². The molecule has 0 unspecified atom stereocenters. The Morgan fingerprint density at radius 1 is 1.70 bits per heavy atom. The lowest BCUT2D eigenvalue weighted by atomic mass is 10.0. The van der Waals surface area contributed by atoms with E-state index in [9.17, 15) is 4.79 Å². The van der Waals surface area contributed by atoms with Gasteiger partial charge >= 0.3 is 0 Å². The highest BCUT2D eigenvalue weighted by Crippen LogP contribution is 2.19. The van der Waals surface area contributed by atoms with Crippen LogP contribution in [0, 0.1) is 0 Å². The first-order valence-corrected chi connectivity index (χ1v) is 3.68. The maximum absolute atomic E-state index is 10.7. The second kappa shape index (κ2) is 2.58. The van der Waals surface area contributed by atoms with Gasteiger partial charge in [0.25, 0.3) is 0 Å². The Morgan fingerprint density at radius 3 is 2.40 bits per heavy atom. The van der Waals surface area contributed by atoms with E-state index >= 15 is 0 Å². The van der Waals surface area contributed by atoms with Crippen LogP contribution in [0.2, 0.25) is 0 Å². The smallest absolute Gasteiger partial charge is 0.234 e. The minimum Gasteiger partial charge on any atom is -0.368 e. The Labute approximate surface area is 61.2 Å². The predicted molar refractivity (Wildman–Crippen MR) is 39.4 cm³/mol. The maximum Gasteiger partial charge on any atom is 0.234 e. The molecule has 1 aliphatic heterocycles. The van der Waals surface area contributed by atoms with Gasteiger partial charge in [-0.3, -0.25) is 9.69 Å². The fourth-order valence-corrected chi connectivity index (χ4v) is 1.33. The summed E-state index contributed by atoms with van der Waals surface area (Å²) in [5.41, 5.74) is 5.15. The molecule has 0 aromatic heterocycles. The average molecular weight is 142 g/mol. The number of likely N-dealkylation sites (tertiary alicyclic amines) is 1. The van der Waals surface area contributed by atoms with Gasteiger partial charge in [0.15, 0.2) is 0 Å². The molecule has 2 N–H and O–H groups in total. The molecule has 1 fully saturated rings. The normalized spacial score (nSPS) is 26.5. The largest absolute Gasteiger partial charge is 0.368 e. The summed E-state index contributed by atoms with van der Waals surface area (Å²) < 4.78 is 0. The van der Waals surface area contributed by atoms with Crippen molar-refractivity contribution >= 4 is 5.91 Å². The number of hydrogen-bond acceptors (Lipinski definition) is 2. The van der Waals surface area contributed by atoms with Crippen molar-refractivity contribution in [3.05, 3.63) is 0 Å². The maximum atomic E-state index is 10.7. The molecule has 0 saturated carbocycles. The molecule has 0 aromatic carbocycles. The molecular weight excluding hydrogens is 128 g/mol. The zero-order valence-electron chi connectivity index (χ0n) is 6.50. The van der Waals surface area contributed by atoms with Crippen LogP contribution in [0.25, 0.3) is 0 Å². The Bertz CT molecular complexity index is 145. The van der Waals surface area contributed by atoms with E-state index in [1.165, 1.54) is 0 Å². The molecule has 58 valence electrons. The Kier molecular flexibility index (Phi) is 1.94. The van der Waals surface area contributed by atoms with Gasteiger partial charge < -0.3 is 5.73 Å². The van der Waals surface area contributed by atoms with Gasteiger partial charge in [-0.1, -0.05) is 0 Å². The van der Waals surface area contributed by atoms with Gasteiger partial charge in [0, 0.05) is 12.6 Å². The first-order valence-electron chi connectivity index (χ1n) is 3.68. The highest BCUT2D eigenvalue weighted by Gasteiger charge is 2.33. The number of rotatable bonds is 2. The molecule has 1 heterocycles. The quantitative estimate of drug-likeness (QED) is 0.587. The molecule has 0 bridgehead atoms. The van der Waals surface area contributed by atoms with Crippen LogP contribution in [-0.2, 0) is 4.79 Å². The lowest BCUT2D eigenvalue weighted by Gasteiger charge is -2.41. The van der Waals surface area contributed by atoms with E-state index < -0.39 is 0 Å². The van der Waals surface area contributed by atoms with Crippen LogP contribution in [-0.4, -0.2) is 29.4 Å². The number of primary amides is 1. The molecule has 3 nitrogen and oxygen atoms in total. The molecule has 0 aromatic rings. The minimum atomic E-state index is -0.181. The topological polar surface area (TPSA) is 46.3 Å². The fourth-order valence-electron chi connectivity index (χ4n) is 1.33. The molecule has 0 spiro atoms. The minimum absolute atomic E-state index is 0.0139.